The lowest BCUT2D eigenvalue weighted by Gasteiger charge is -2.25. The van der Waals surface area contributed by atoms with Crippen molar-refractivity contribution < 1.29 is 4.74 Å². The van der Waals surface area contributed by atoms with E-state index in [1.54, 1.807) is 7.11 Å². The average molecular weight is 307 g/mol. The molecule has 1 aliphatic carbocycles. The Balaban J connectivity index is 2.34. The fourth-order valence-corrected chi connectivity index (χ4v) is 2.84. The van der Waals surface area contributed by atoms with Crippen LogP contribution in [0.4, 0.5) is 5.82 Å². The molecule has 0 bridgehead atoms. The predicted molar refractivity (Wildman–Crippen MR) is 90.9 cm³/mol. The average Bonchev–Trinajstić information content (AvgIpc) is 2.45. The number of aryl methyl sites for hydroxylation is 2. The summed E-state index contributed by atoms with van der Waals surface area (Å²) in [6, 6.07) is 2.31. The SMILES string of the molecule is COCC(Nc1nc2c(cc1C(N)=S)CCCC2)C(C)C. The molecule has 0 aliphatic heterocycles. The maximum absolute atomic E-state index is 5.89. The number of thiocarbonyl (C=S) groups is 1. The minimum Gasteiger partial charge on any atom is -0.389 e. The van der Waals surface area contributed by atoms with Crippen molar-refractivity contribution in [3.8, 4) is 0 Å². The van der Waals surface area contributed by atoms with Crippen LogP contribution in [0.15, 0.2) is 6.07 Å². The normalized spacial score (nSPS) is 15.6. The lowest BCUT2D eigenvalue weighted by molar-refractivity contribution is 0.171. The minimum atomic E-state index is 0.192. The van der Waals surface area contributed by atoms with Crippen molar-refractivity contribution >= 4 is 23.0 Å². The van der Waals surface area contributed by atoms with Gasteiger partial charge in [-0.05, 0) is 43.2 Å². The number of hydrogen-bond donors (Lipinski definition) is 2. The third-order valence-electron chi connectivity index (χ3n) is 4.04. The summed E-state index contributed by atoms with van der Waals surface area (Å²) in [5, 5.41) is 3.48. The molecule has 0 spiro atoms. The zero-order valence-electron chi connectivity index (χ0n) is 13.1. The predicted octanol–water partition coefficient (Wildman–Crippen LogP) is 2.68. The van der Waals surface area contributed by atoms with Gasteiger partial charge in [-0.3, -0.25) is 0 Å². The van der Waals surface area contributed by atoms with Gasteiger partial charge < -0.3 is 15.8 Å². The van der Waals surface area contributed by atoms with E-state index < -0.39 is 0 Å². The van der Waals surface area contributed by atoms with Crippen molar-refractivity contribution in [3.63, 3.8) is 0 Å². The van der Waals surface area contributed by atoms with E-state index in [0.717, 1.165) is 24.2 Å². The second-order valence-electron chi connectivity index (χ2n) is 6.01. The Morgan fingerprint density at radius 3 is 2.76 bits per heavy atom. The Labute approximate surface area is 132 Å². The molecule has 0 amide bonds. The highest BCUT2D eigenvalue weighted by Gasteiger charge is 2.20. The van der Waals surface area contributed by atoms with Gasteiger partial charge in [0.2, 0.25) is 0 Å². The maximum atomic E-state index is 5.89. The van der Waals surface area contributed by atoms with Crippen LogP contribution in [0.5, 0.6) is 0 Å². The Bertz CT molecular complexity index is 516. The Hall–Kier alpha value is -1.20. The summed E-state index contributed by atoms with van der Waals surface area (Å²) in [6.45, 7) is 4.96. The number of ether oxygens (including phenoxy) is 1. The zero-order valence-corrected chi connectivity index (χ0v) is 13.9. The Morgan fingerprint density at radius 1 is 1.43 bits per heavy atom. The quantitative estimate of drug-likeness (QED) is 0.791. The van der Waals surface area contributed by atoms with Gasteiger partial charge in [-0.2, -0.15) is 0 Å². The van der Waals surface area contributed by atoms with Crippen molar-refractivity contribution in [2.75, 3.05) is 19.0 Å². The van der Waals surface area contributed by atoms with Crippen LogP contribution in [-0.2, 0) is 17.6 Å². The van der Waals surface area contributed by atoms with Gasteiger partial charge in [0.05, 0.1) is 18.2 Å². The van der Waals surface area contributed by atoms with Crippen LogP contribution in [0.1, 0.15) is 43.5 Å². The molecule has 5 heteroatoms. The fourth-order valence-electron chi connectivity index (χ4n) is 2.69. The van der Waals surface area contributed by atoms with E-state index in [-0.39, 0.29) is 6.04 Å². The summed E-state index contributed by atoms with van der Waals surface area (Å²) in [6.07, 6.45) is 4.54. The third-order valence-corrected chi connectivity index (χ3v) is 4.26. The van der Waals surface area contributed by atoms with Crippen LogP contribution in [-0.4, -0.2) is 29.7 Å². The molecule has 2 rings (SSSR count). The summed E-state index contributed by atoms with van der Waals surface area (Å²) in [7, 11) is 1.71. The van der Waals surface area contributed by atoms with Gasteiger partial charge in [0.15, 0.2) is 0 Å². The first-order valence-electron chi connectivity index (χ1n) is 7.61. The molecule has 3 N–H and O–H groups in total. The topological polar surface area (TPSA) is 60.2 Å². The van der Waals surface area contributed by atoms with Crippen LogP contribution in [0.3, 0.4) is 0 Å². The number of nitrogens with one attached hydrogen (secondary N) is 1. The van der Waals surface area contributed by atoms with E-state index >= 15 is 0 Å². The molecule has 1 unspecified atom stereocenters. The number of methoxy groups -OCH3 is 1. The van der Waals surface area contributed by atoms with Crippen LogP contribution in [0.2, 0.25) is 0 Å². The fraction of sp³-hybridized carbons (Fsp3) is 0.625. The minimum absolute atomic E-state index is 0.192. The first-order chi connectivity index (χ1) is 10.0. The molecule has 21 heavy (non-hydrogen) atoms. The number of nitrogens with two attached hydrogens (primary N) is 1. The highest BCUT2D eigenvalue weighted by Crippen LogP contribution is 2.25. The molecule has 0 saturated carbocycles. The van der Waals surface area contributed by atoms with Gasteiger partial charge in [0.1, 0.15) is 10.8 Å². The van der Waals surface area contributed by atoms with E-state index in [2.05, 4.69) is 25.2 Å². The van der Waals surface area contributed by atoms with Crippen molar-refractivity contribution in [3.05, 3.63) is 22.9 Å². The second-order valence-corrected chi connectivity index (χ2v) is 6.45. The molecular formula is C16H25N3OS. The summed E-state index contributed by atoms with van der Waals surface area (Å²) in [4.78, 5) is 5.21. The summed E-state index contributed by atoms with van der Waals surface area (Å²) < 4.78 is 5.30. The number of anilines is 1. The lowest BCUT2D eigenvalue weighted by atomic mass is 9.94. The van der Waals surface area contributed by atoms with Gasteiger partial charge in [-0.15, -0.1) is 0 Å². The third kappa shape index (κ3) is 3.92. The second kappa shape index (κ2) is 7.18. The van der Waals surface area contributed by atoms with Gasteiger partial charge >= 0.3 is 0 Å². The number of nitrogens with zero attached hydrogens (tertiary/aromatic N) is 1. The molecule has 1 aromatic heterocycles. The smallest absolute Gasteiger partial charge is 0.136 e. The van der Waals surface area contributed by atoms with Crippen molar-refractivity contribution in [2.24, 2.45) is 11.7 Å². The highest BCUT2D eigenvalue weighted by molar-refractivity contribution is 7.80. The van der Waals surface area contributed by atoms with E-state index in [1.807, 2.05) is 0 Å². The number of aromatic nitrogens is 1. The molecule has 1 aliphatic rings. The molecule has 1 heterocycles. The Kier molecular flexibility index (Phi) is 5.53. The van der Waals surface area contributed by atoms with Crippen LogP contribution in [0.25, 0.3) is 0 Å². The van der Waals surface area contributed by atoms with Gasteiger partial charge in [-0.1, -0.05) is 26.1 Å². The van der Waals surface area contributed by atoms with E-state index in [9.17, 15) is 0 Å². The number of pyridine rings is 1. The number of hydrogen-bond acceptors (Lipinski definition) is 4. The summed E-state index contributed by atoms with van der Waals surface area (Å²) in [5.74, 6) is 1.24. The number of rotatable bonds is 6. The summed E-state index contributed by atoms with van der Waals surface area (Å²) in [5.41, 5.74) is 9.23. The molecule has 0 radical (unpaired) electrons. The number of fused-ring (bicyclic) bond motifs is 1. The van der Waals surface area contributed by atoms with E-state index in [1.165, 1.54) is 24.1 Å². The standard InChI is InChI=1S/C16H25N3OS/c1-10(2)14(9-20-3)19-16-12(15(17)21)8-11-6-4-5-7-13(11)18-16/h8,10,14H,4-7,9H2,1-3H3,(H2,17,21)(H,18,19). The molecular weight excluding hydrogens is 282 g/mol. The molecule has 1 aromatic rings. The molecule has 0 fully saturated rings. The largest absolute Gasteiger partial charge is 0.389 e. The van der Waals surface area contributed by atoms with Gasteiger partial charge in [0.25, 0.3) is 0 Å². The van der Waals surface area contributed by atoms with Crippen molar-refractivity contribution in [1.82, 2.24) is 4.98 Å². The summed E-state index contributed by atoms with van der Waals surface area (Å²) >= 11 is 5.20. The molecule has 116 valence electrons. The first-order valence-corrected chi connectivity index (χ1v) is 8.01. The van der Waals surface area contributed by atoms with E-state index in [0.29, 0.717) is 17.5 Å². The molecule has 4 nitrogen and oxygen atoms in total. The van der Waals surface area contributed by atoms with Crippen LogP contribution >= 0.6 is 12.2 Å². The van der Waals surface area contributed by atoms with Crippen molar-refractivity contribution in [2.45, 2.75) is 45.6 Å². The van der Waals surface area contributed by atoms with Gasteiger partial charge in [0, 0.05) is 12.8 Å². The molecule has 0 saturated heterocycles. The molecule has 1 atom stereocenters. The first kappa shape index (κ1) is 16.2. The van der Waals surface area contributed by atoms with Crippen LogP contribution < -0.4 is 11.1 Å². The lowest BCUT2D eigenvalue weighted by Crippen LogP contribution is -2.32. The highest BCUT2D eigenvalue weighted by atomic mass is 32.1. The zero-order chi connectivity index (χ0) is 15.4. The maximum Gasteiger partial charge on any atom is 0.136 e. The van der Waals surface area contributed by atoms with E-state index in [4.69, 9.17) is 27.7 Å². The van der Waals surface area contributed by atoms with Crippen LogP contribution in [0, 0.1) is 5.92 Å². The Morgan fingerprint density at radius 2 is 2.14 bits per heavy atom. The molecule has 0 aromatic carbocycles. The monoisotopic (exact) mass is 307 g/mol. The van der Waals surface area contributed by atoms with Gasteiger partial charge in [-0.25, -0.2) is 4.98 Å². The van der Waals surface area contributed by atoms with Crippen molar-refractivity contribution in [1.29, 1.82) is 0 Å².